The van der Waals surface area contributed by atoms with Gasteiger partial charge in [-0.3, -0.25) is 9.69 Å². The maximum absolute atomic E-state index is 12.9. The number of thioether (sulfide) groups is 1. The number of aryl methyl sites for hydroxylation is 1. The minimum absolute atomic E-state index is 0.0551. The molecule has 1 fully saturated rings. The first kappa shape index (κ1) is 21.5. The van der Waals surface area contributed by atoms with Gasteiger partial charge in [-0.05, 0) is 67.9 Å². The Hall–Kier alpha value is -3.17. The molecule has 0 bridgehead atoms. The Morgan fingerprint density at radius 1 is 1.17 bits per heavy atom. The van der Waals surface area contributed by atoms with E-state index < -0.39 is 0 Å². The fraction of sp³-hybridized carbons (Fsp3) is 0.250. The summed E-state index contributed by atoms with van der Waals surface area (Å²) in [5, 5.41) is 0.682. The Morgan fingerprint density at radius 3 is 2.67 bits per heavy atom. The number of likely N-dealkylation sites (N-methyl/N-ethyl adjacent to an activating group) is 1. The lowest BCUT2D eigenvalue weighted by molar-refractivity contribution is -0.122. The molecule has 0 aromatic heterocycles. The second-order valence-corrected chi connectivity index (χ2v) is 7.48. The molecule has 0 atom stereocenters. The van der Waals surface area contributed by atoms with Crippen LogP contribution in [0.5, 0.6) is 11.5 Å². The molecule has 30 heavy (non-hydrogen) atoms. The number of ether oxygens (including phenoxy) is 2. The number of amidine groups is 1. The summed E-state index contributed by atoms with van der Waals surface area (Å²) in [7, 11) is 0. The standard InChI is InChI=1S/C24H24N2O3S/c1-5-14-29-20-13-12-18(15-21(20)28-7-3)16-22-23(27)26(6-2)24(30-22)25-19-11-9-8-10-17(19)4/h1,8-13,15-16H,6-7,14H2,2-4H3/b22-16-,25-24?. The van der Waals surface area contributed by atoms with Gasteiger partial charge in [-0.15, -0.1) is 6.42 Å². The smallest absolute Gasteiger partial charge is 0.266 e. The van der Waals surface area contributed by atoms with Crippen molar-refractivity contribution in [2.24, 2.45) is 4.99 Å². The minimum atomic E-state index is -0.0551. The van der Waals surface area contributed by atoms with Gasteiger partial charge in [-0.1, -0.05) is 30.2 Å². The van der Waals surface area contributed by atoms with Crippen molar-refractivity contribution in [1.29, 1.82) is 0 Å². The van der Waals surface area contributed by atoms with Gasteiger partial charge in [0.25, 0.3) is 5.91 Å². The molecule has 3 rings (SSSR count). The van der Waals surface area contributed by atoms with Crippen LogP contribution in [0.4, 0.5) is 5.69 Å². The Morgan fingerprint density at radius 2 is 1.97 bits per heavy atom. The Labute approximate surface area is 181 Å². The second kappa shape index (κ2) is 10.0. The fourth-order valence-electron chi connectivity index (χ4n) is 2.93. The maximum Gasteiger partial charge on any atom is 0.266 e. The van der Waals surface area contributed by atoms with Crippen LogP contribution in [0.1, 0.15) is 25.0 Å². The van der Waals surface area contributed by atoms with Crippen LogP contribution in [0.3, 0.4) is 0 Å². The van der Waals surface area contributed by atoms with Gasteiger partial charge in [0.05, 0.1) is 17.2 Å². The molecular formula is C24H24N2O3S. The van der Waals surface area contributed by atoms with Crippen molar-refractivity contribution >= 4 is 34.6 Å². The third kappa shape index (κ3) is 4.87. The zero-order valence-corrected chi connectivity index (χ0v) is 18.2. The summed E-state index contributed by atoms with van der Waals surface area (Å²) in [4.78, 5) is 20.0. The first-order valence-corrected chi connectivity index (χ1v) is 10.6. The van der Waals surface area contributed by atoms with Crippen molar-refractivity contribution in [3.05, 3.63) is 58.5 Å². The van der Waals surface area contributed by atoms with Crippen molar-refractivity contribution < 1.29 is 14.3 Å². The van der Waals surface area contributed by atoms with E-state index in [9.17, 15) is 4.79 Å². The zero-order valence-electron chi connectivity index (χ0n) is 17.3. The molecule has 0 aliphatic carbocycles. The molecule has 1 heterocycles. The Bertz CT molecular complexity index is 1040. The largest absolute Gasteiger partial charge is 0.490 e. The second-order valence-electron chi connectivity index (χ2n) is 6.47. The van der Waals surface area contributed by atoms with Crippen LogP contribution in [0.2, 0.25) is 0 Å². The van der Waals surface area contributed by atoms with Gasteiger partial charge in [0.15, 0.2) is 16.7 Å². The molecule has 154 valence electrons. The summed E-state index contributed by atoms with van der Waals surface area (Å²) < 4.78 is 11.2. The van der Waals surface area contributed by atoms with Crippen LogP contribution in [-0.2, 0) is 4.79 Å². The first-order chi connectivity index (χ1) is 14.6. The SMILES string of the molecule is C#CCOc1ccc(/C=C2\SC(=Nc3ccccc3C)N(CC)C2=O)cc1OCC. The van der Waals surface area contributed by atoms with Crippen LogP contribution in [0.25, 0.3) is 6.08 Å². The van der Waals surface area contributed by atoms with Crippen molar-refractivity contribution in [3.63, 3.8) is 0 Å². The van der Waals surface area contributed by atoms with Crippen LogP contribution in [-0.4, -0.2) is 35.7 Å². The van der Waals surface area contributed by atoms with E-state index in [1.165, 1.54) is 11.8 Å². The predicted octanol–water partition coefficient (Wildman–Crippen LogP) is 5.03. The van der Waals surface area contributed by atoms with E-state index in [2.05, 4.69) is 5.92 Å². The van der Waals surface area contributed by atoms with E-state index in [0.717, 1.165) is 16.8 Å². The number of carbonyl (C=O) groups is 1. The molecular weight excluding hydrogens is 396 g/mol. The Kier molecular flexibility index (Phi) is 7.21. The average Bonchev–Trinajstić information content (AvgIpc) is 3.03. The molecule has 1 amide bonds. The number of nitrogens with zero attached hydrogens (tertiary/aromatic N) is 2. The molecule has 0 radical (unpaired) electrons. The van der Waals surface area contributed by atoms with Gasteiger partial charge in [0, 0.05) is 6.54 Å². The van der Waals surface area contributed by atoms with Crippen molar-refractivity contribution in [3.8, 4) is 23.8 Å². The summed E-state index contributed by atoms with van der Waals surface area (Å²) in [6.45, 7) is 7.07. The number of hydrogen-bond acceptors (Lipinski definition) is 5. The monoisotopic (exact) mass is 420 g/mol. The van der Waals surface area contributed by atoms with E-state index >= 15 is 0 Å². The summed E-state index contributed by atoms with van der Waals surface area (Å²) in [5.41, 5.74) is 2.77. The molecule has 5 nitrogen and oxygen atoms in total. The molecule has 1 aliphatic rings. The lowest BCUT2D eigenvalue weighted by Crippen LogP contribution is -2.28. The van der Waals surface area contributed by atoms with Crippen LogP contribution < -0.4 is 9.47 Å². The van der Waals surface area contributed by atoms with E-state index in [1.807, 2.05) is 63.2 Å². The van der Waals surface area contributed by atoms with Crippen LogP contribution in [0, 0.1) is 19.3 Å². The molecule has 0 spiro atoms. The average molecular weight is 421 g/mol. The third-order valence-electron chi connectivity index (χ3n) is 4.41. The van der Waals surface area contributed by atoms with E-state index in [1.54, 1.807) is 11.0 Å². The number of hydrogen-bond donors (Lipinski definition) is 0. The minimum Gasteiger partial charge on any atom is -0.490 e. The molecule has 1 saturated heterocycles. The van der Waals surface area contributed by atoms with Gasteiger partial charge in [-0.2, -0.15) is 0 Å². The number of benzene rings is 2. The molecule has 1 aliphatic heterocycles. The normalized spacial score (nSPS) is 16.2. The van der Waals surface area contributed by atoms with E-state index in [-0.39, 0.29) is 12.5 Å². The zero-order chi connectivity index (χ0) is 21.5. The third-order valence-corrected chi connectivity index (χ3v) is 5.42. The van der Waals surface area contributed by atoms with Crippen molar-refractivity contribution in [2.45, 2.75) is 20.8 Å². The van der Waals surface area contributed by atoms with Crippen LogP contribution in [0.15, 0.2) is 52.4 Å². The highest BCUT2D eigenvalue weighted by Gasteiger charge is 2.32. The number of amides is 1. The van der Waals surface area contributed by atoms with Gasteiger partial charge in [0.2, 0.25) is 0 Å². The predicted molar refractivity (Wildman–Crippen MR) is 123 cm³/mol. The van der Waals surface area contributed by atoms with Gasteiger partial charge >= 0.3 is 0 Å². The van der Waals surface area contributed by atoms with Crippen molar-refractivity contribution in [1.82, 2.24) is 4.90 Å². The maximum atomic E-state index is 12.9. The number of aliphatic imine (C=N–C) groups is 1. The summed E-state index contributed by atoms with van der Waals surface area (Å²) >= 11 is 1.38. The first-order valence-electron chi connectivity index (χ1n) is 9.76. The molecule has 0 unspecified atom stereocenters. The highest BCUT2D eigenvalue weighted by Crippen LogP contribution is 2.36. The number of para-hydroxylation sites is 1. The van der Waals surface area contributed by atoms with E-state index in [4.69, 9.17) is 20.9 Å². The van der Waals surface area contributed by atoms with Crippen molar-refractivity contribution in [2.75, 3.05) is 19.8 Å². The highest BCUT2D eigenvalue weighted by molar-refractivity contribution is 8.18. The summed E-state index contributed by atoms with van der Waals surface area (Å²) in [6, 6.07) is 13.4. The van der Waals surface area contributed by atoms with Gasteiger partial charge in [0.1, 0.15) is 6.61 Å². The van der Waals surface area contributed by atoms with Gasteiger partial charge < -0.3 is 9.47 Å². The number of carbonyl (C=O) groups excluding carboxylic acids is 1. The summed E-state index contributed by atoms with van der Waals surface area (Å²) in [5.74, 6) is 3.57. The number of rotatable bonds is 7. The van der Waals surface area contributed by atoms with Gasteiger partial charge in [-0.25, -0.2) is 4.99 Å². The molecule has 0 N–H and O–H groups in total. The molecule has 0 saturated carbocycles. The highest BCUT2D eigenvalue weighted by atomic mass is 32.2. The lowest BCUT2D eigenvalue weighted by atomic mass is 10.2. The number of terminal acetylenes is 1. The topological polar surface area (TPSA) is 51.1 Å². The molecule has 6 heteroatoms. The Balaban J connectivity index is 1.92. The molecule has 2 aromatic rings. The lowest BCUT2D eigenvalue weighted by Gasteiger charge is -2.12. The van der Waals surface area contributed by atoms with Crippen LogP contribution >= 0.6 is 11.8 Å². The molecule has 2 aromatic carbocycles. The quantitative estimate of drug-likeness (QED) is 0.466. The van der Waals surface area contributed by atoms with E-state index in [0.29, 0.717) is 34.7 Å². The summed E-state index contributed by atoms with van der Waals surface area (Å²) in [6.07, 6.45) is 7.13. The fourth-order valence-corrected chi connectivity index (χ4v) is 3.99.